The van der Waals surface area contributed by atoms with Crippen molar-refractivity contribution < 1.29 is 4.79 Å². The lowest BCUT2D eigenvalue weighted by molar-refractivity contribution is -0.131. The molecule has 0 radical (unpaired) electrons. The molecule has 110 valence electrons. The van der Waals surface area contributed by atoms with Gasteiger partial charge in [-0.3, -0.25) is 4.79 Å². The summed E-state index contributed by atoms with van der Waals surface area (Å²) in [5, 5.41) is 0. The van der Waals surface area contributed by atoms with Gasteiger partial charge >= 0.3 is 0 Å². The fourth-order valence-electron chi connectivity index (χ4n) is 2.92. The van der Waals surface area contributed by atoms with Gasteiger partial charge in [0.2, 0.25) is 5.91 Å². The lowest BCUT2D eigenvalue weighted by atomic mass is 10.2. The topological polar surface area (TPSA) is 41.4 Å². The van der Waals surface area contributed by atoms with Crippen molar-refractivity contribution in [3.63, 3.8) is 0 Å². The van der Waals surface area contributed by atoms with E-state index in [1.54, 1.807) is 0 Å². The molecule has 20 heavy (non-hydrogen) atoms. The van der Waals surface area contributed by atoms with Crippen LogP contribution in [0.2, 0.25) is 0 Å². The van der Waals surface area contributed by atoms with E-state index in [2.05, 4.69) is 16.9 Å². The van der Waals surface area contributed by atoms with Gasteiger partial charge in [-0.05, 0) is 26.3 Å². The average Bonchev–Trinajstić information content (AvgIpc) is 3.34. The van der Waals surface area contributed by atoms with Crippen molar-refractivity contribution >= 4 is 5.91 Å². The van der Waals surface area contributed by atoms with Crippen molar-refractivity contribution in [2.24, 2.45) is 13.0 Å². The molecule has 1 heterocycles. The predicted octanol–water partition coefficient (Wildman–Crippen LogP) is 1.08. The van der Waals surface area contributed by atoms with Gasteiger partial charge in [-0.15, -0.1) is 0 Å². The van der Waals surface area contributed by atoms with E-state index in [4.69, 9.17) is 0 Å². The van der Waals surface area contributed by atoms with Gasteiger partial charge in [0.15, 0.2) is 0 Å². The van der Waals surface area contributed by atoms with E-state index in [9.17, 15) is 4.79 Å². The third kappa shape index (κ3) is 2.73. The molecule has 1 aromatic rings. The van der Waals surface area contributed by atoms with Crippen LogP contribution in [0.1, 0.15) is 30.9 Å². The van der Waals surface area contributed by atoms with E-state index in [1.807, 2.05) is 36.1 Å². The Labute approximate surface area is 120 Å². The Hall–Kier alpha value is -1.36. The van der Waals surface area contributed by atoms with Gasteiger partial charge in [-0.1, -0.05) is 0 Å². The number of amides is 1. The van der Waals surface area contributed by atoms with E-state index < -0.39 is 0 Å². The minimum atomic E-state index is 0.168. The van der Waals surface area contributed by atoms with E-state index >= 15 is 0 Å². The number of aryl methyl sites for hydroxylation is 1. The van der Waals surface area contributed by atoms with Crippen LogP contribution in [0, 0.1) is 5.92 Å². The van der Waals surface area contributed by atoms with Gasteiger partial charge in [0, 0.05) is 57.0 Å². The summed E-state index contributed by atoms with van der Waals surface area (Å²) in [5.74, 6) is 0.834. The molecular formula is C15H24N4O. The smallest absolute Gasteiger partial charge is 0.226 e. The first kappa shape index (κ1) is 13.6. The van der Waals surface area contributed by atoms with Crippen LogP contribution in [0.4, 0.5) is 0 Å². The van der Waals surface area contributed by atoms with Crippen molar-refractivity contribution in [3.8, 4) is 0 Å². The monoisotopic (exact) mass is 276 g/mol. The summed E-state index contributed by atoms with van der Waals surface area (Å²) in [4.78, 5) is 20.8. The number of imidazole rings is 1. The van der Waals surface area contributed by atoms with Crippen molar-refractivity contribution in [3.05, 3.63) is 18.2 Å². The molecule has 1 amide bonds. The molecule has 2 fully saturated rings. The molecule has 2 aliphatic rings. The summed E-state index contributed by atoms with van der Waals surface area (Å²) in [6, 6.07) is 0.765. The Kier molecular flexibility index (Phi) is 3.54. The lowest BCUT2D eigenvalue weighted by Gasteiger charge is -2.22. The highest BCUT2D eigenvalue weighted by Gasteiger charge is 2.46. The lowest BCUT2D eigenvalue weighted by Crippen LogP contribution is -2.36. The van der Waals surface area contributed by atoms with Gasteiger partial charge in [0.05, 0.1) is 6.33 Å². The first-order chi connectivity index (χ1) is 9.58. The number of aromatic nitrogens is 2. The molecule has 0 bridgehead atoms. The molecular weight excluding hydrogens is 252 g/mol. The SMILES string of the molecule is CN(CCN(C)C1CC1)C(=O)[C@@H]1C[C@H]1c1cncn1C. The maximum atomic E-state index is 12.4. The number of carbonyl (C=O) groups excluding carboxylic acids is 1. The van der Waals surface area contributed by atoms with Crippen molar-refractivity contribution in [1.29, 1.82) is 0 Å². The highest BCUT2D eigenvalue weighted by molar-refractivity contribution is 5.82. The summed E-state index contributed by atoms with van der Waals surface area (Å²) in [5.41, 5.74) is 1.19. The summed E-state index contributed by atoms with van der Waals surface area (Å²) in [6.07, 6.45) is 7.31. The van der Waals surface area contributed by atoms with Crippen LogP contribution in [-0.4, -0.2) is 58.5 Å². The minimum absolute atomic E-state index is 0.168. The molecule has 2 saturated carbocycles. The number of rotatable bonds is 6. The number of hydrogen-bond acceptors (Lipinski definition) is 3. The first-order valence-electron chi connectivity index (χ1n) is 7.49. The normalized spacial score (nSPS) is 25.0. The van der Waals surface area contributed by atoms with E-state index in [0.717, 1.165) is 25.6 Å². The molecule has 2 atom stereocenters. The quantitative estimate of drug-likeness (QED) is 0.780. The molecule has 5 nitrogen and oxygen atoms in total. The van der Waals surface area contributed by atoms with Gasteiger partial charge in [0.25, 0.3) is 0 Å². The van der Waals surface area contributed by atoms with Crippen LogP contribution in [-0.2, 0) is 11.8 Å². The first-order valence-corrected chi connectivity index (χ1v) is 7.49. The van der Waals surface area contributed by atoms with Crippen LogP contribution in [0.25, 0.3) is 0 Å². The summed E-state index contributed by atoms with van der Waals surface area (Å²) in [7, 11) is 6.09. The second-order valence-corrected chi connectivity index (χ2v) is 6.35. The van der Waals surface area contributed by atoms with Gasteiger partial charge in [0.1, 0.15) is 0 Å². The molecule has 3 rings (SSSR count). The molecule has 2 aliphatic carbocycles. The minimum Gasteiger partial charge on any atom is -0.344 e. The number of hydrogen-bond donors (Lipinski definition) is 0. The predicted molar refractivity (Wildman–Crippen MR) is 77.3 cm³/mol. The van der Waals surface area contributed by atoms with Crippen LogP contribution >= 0.6 is 0 Å². The maximum absolute atomic E-state index is 12.4. The van der Waals surface area contributed by atoms with E-state index in [-0.39, 0.29) is 5.92 Å². The van der Waals surface area contributed by atoms with Gasteiger partial charge in [-0.2, -0.15) is 0 Å². The Balaban J connectivity index is 1.48. The zero-order chi connectivity index (χ0) is 14.3. The van der Waals surface area contributed by atoms with Crippen LogP contribution < -0.4 is 0 Å². The Morgan fingerprint density at radius 2 is 2.15 bits per heavy atom. The molecule has 5 heteroatoms. The van der Waals surface area contributed by atoms with E-state index in [0.29, 0.717) is 11.8 Å². The molecule has 0 unspecified atom stereocenters. The Morgan fingerprint density at radius 1 is 1.40 bits per heavy atom. The van der Waals surface area contributed by atoms with E-state index in [1.165, 1.54) is 18.5 Å². The Morgan fingerprint density at radius 3 is 2.75 bits per heavy atom. The van der Waals surface area contributed by atoms with Crippen LogP contribution in [0.3, 0.4) is 0 Å². The fraction of sp³-hybridized carbons (Fsp3) is 0.733. The summed E-state index contributed by atoms with van der Waals surface area (Å²) in [6.45, 7) is 1.82. The average molecular weight is 276 g/mol. The van der Waals surface area contributed by atoms with Crippen molar-refractivity contribution in [1.82, 2.24) is 19.4 Å². The molecule has 0 N–H and O–H groups in total. The Bertz CT molecular complexity index is 494. The van der Waals surface area contributed by atoms with Crippen LogP contribution in [0.15, 0.2) is 12.5 Å². The fourth-order valence-corrected chi connectivity index (χ4v) is 2.92. The maximum Gasteiger partial charge on any atom is 0.226 e. The highest BCUT2D eigenvalue weighted by Crippen LogP contribution is 2.48. The molecule has 0 saturated heterocycles. The molecule has 1 aromatic heterocycles. The largest absolute Gasteiger partial charge is 0.344 e. The van der Waals surface area contributed by atoms with Crippen molar-refractivity contribution in [2.45, 2.75) is 31.2 Å². The van der Waals surface area contributed by atoms with Crippen molar-refractivity contribution in [2.75, 3.05) is 27.2 Å². The molecule has 0 aliphatic heterocycles. The van der Waals surface area contributed by atoms with Gasteiger partial charge in [-0.25, -0.2) is 4.98 Å². The zero-order valence-corrected chi connectivity index (χ0v) is 12.6. The van der Waals surface area contributed by atoms with Gasteiger partial charge < -0.3 is 14.4 Å². The summed E-state index contributed by atoms with van der Waals surface area (Å²) < 4.78 is 2.03. The summed E-state index contributed by atoms with van der Waals surface area (Å²) >= 11 is 0. The number of carbonyl (C=O) groups is 1. The second-order valence-electron chi connectivity index (χ2n) is 6.35. The second kappa shape index (κ2) is 5.20. The van der Waals surface area contributed by atoms with Crippen LogP contribution in [0.5, 0.6) is 0 Å². The third-order valence-electron chi connectivity index (χ3n) is 4.68. The molecule has 0 spiro atoms. The highest BCUT2D eigenvalue weighted by atomic mass is 16.2. The number of nitrogens with zero attached hydrogens (tertiary/aromatic N) is 4. The number of likely N-dealkylation sites (N-methyl/N-ethyl adjacent to an activating group) is 2. The molecule has 0 aromatic carbocycles. The third-order valence-corrected chi connectivity index (χ3v) is 4.68. The standard InChI is InChI=1S/C15H24N4O/c1-17(11-4-5-11)6-7-18(2)15(20)13-8-12(13)14-9-16-10-19(14)3/h9-13H,4-8H2,1-3H3/t12-,13-/m1/s1. The zero-order valence-electron chi connectivity index (χ0n) is 12.6.